The summed E-state index contributed by atoms with van der Waals surface area (Å²) in [6.45, 7) is 1.41. The minimum Gasteiger partial charge on any atom is -0.478 e. The molecule has 30 heavy (non-hydrogen) atoms. The maximum atomic E-state index is 11.1. The van der Waals surface area contributed by atoms with E-state index in [1.165, 1.54) is 22.4 Å². The van der Waals surface area contributed by atoms with Crippen molar-refractivity contribution in [2.24, 2.45) is 0 Å². The third-order valence-corrected chi connectivity index (χ3v) is 5.14. The van der Waals surface area contributed by atoms with E-state index in [2.05, 4.69) is 66.0 Å². The van der Waals surface area contributed by atoms with E-state index in [4.69, 9.17) is 5.11 Å². The number of aliphatic carboxylic acids is 1. The van der Waals surface area contributed by atoms with Gasteiger partial charge in [0.2, 0.25) is 0 Å². The lowest BCUT2D eigenvalue weighted by Gasteiger charge is -2.12. The van der Waals surface area contributed by atoms with E-state index in [-0.39, 0.29) is 0 Å². The summed E-state index contributed by atoms with van der Waals surface area (Å²) in [6.07, 6.45) is 2.87. The molecule has 148 valence electrons. The molecule has 0 aliphatic rings. The van der Waals surface area contributed by atoms with Gasteiger partial charge >= 0.3 is 5.97 Å². The van der Waals surface area contributed by atoms with Crippen LogP contribution in [0, 0.1) is 0 Å². The van der Waals surface area contributed by atoms with Gasteiger partial charge in [-0.25, -0.2) is 4.79 Å². The topological polar surface area (TPSA) is 49.3 Å². The second-order valence-electron chi connectivity index (χ2n) is 7.20. The zero-order chi connectivity index (χ0) is 20.8. The van der Waals surface area contributed by atoms with E-state index in [0.717, 1.165) is 28.8 Å². The van der Waals surface area contributed by atoms with Crippen molar-refractivity contribution in [3.63, 3.8) is 0 Å². The third-order valence-electron chi connectivity index (χ3n) is 5.14. The Balaban J connectivity index is 1.65. The highest BCUT2D eigenvalue weighted by Gasteiger charge is 2.07. The minimum absolute atomic E-state index is 0.657. The summed E-state index contributed by atoms with van der Waals surface area (Å²) in [6, 6.07) is 31.0. The van der Waals surface area contributed by atoms with Gasteiger partial charge in [-0.1, -0.05) is 84.9 Å². The van der Waals surface area contributed by atoms with E-state index in [9.17, 15) is 4.79 Å². The first-order valence-corrected chi connectivity index (χ1v) is 9.97. The molecule has 0 radical (unpaired) electrons. The first kappa shape index (κ1) is 19.6. The SMILES string of the molecule is O=C(O)/C=C/c1cc(-c2cccc3ccccc23)ccc1CNCc1ccccc1. The van der Waals surface area contributed by atoms with Crippen LogP contribution in [0.25, 0.3) is 28.0 Å². The summed E-state index contributed by atoms with van der Waals surface area (Å²) < 4.78 is 0. The number of nitrogens with one attached hydrogen (secondary N) is 1. The largest absolute Gasteiger partial charge is 0.478 e. The normalized spacial score (nSPS) is 11.2. The summed E-state index contributed by atoms with van der Waals surface area (Å²) in [4.78, 5) is 11.1. The van der Waals surface area contributed by atoms with E-state index in [0.29, 0.717) is 6.54 Å². The van der Waals surface area contributed by atoms with Gasteiger partial charge in [0, 0.05) is 19.2 Å². The standard InChI is InChI=1S/C27H23NO2/c29-27(30)16-15-22-17-23(26-12-6-10-21-9-4-5-11-25(21)26)13-14-24(22)19-28-18-20-7-2-1-3-8-20/h1-17,28H,18-19H2,(H,29,30)/b16-15+. The Morgan fingerprint density at radius 2 is 1.60 bits per heavy atom. The van der Waals surface area contributed by atoms with Crippen molar-refractivity contribution in [2.75, 3.05) is 0 Å². The molecule has 4 aromatic carbocycles. The van der Waals surface area contributed by atoms with E-state index in [1.807, 2.05) is 30.3 Å². The first-order valence-electron chi connectivity index (χ1n) is 9.97. The van der Waals surface area contributed by atoms with Crippen LogP contribution in [-0.2, 0) is 17.9 Å². The molecule has 0 saturated heterocycles. The van der Waals surface area contributed by atoms with Gasteiger partial charge < -0.3 is 10.4 Å². The van der Waals surface area contributed by atoms with Crippen molar-refractivity contribution >= 4 is 22.8 Å². The average molecular weight is 393 g/mol. The quantitative estimate of drug-likeness (QED) is 0.385. The molecular weight excluding hydrogens is 370 g/mol. The molecule has 0 saturated carbocycles. The van der Waals surface area contributed by atoms with Crippen molar-refractivity contribution in [1.82, 2.24) is 5.32 Å². The number of carboxylic acids is 1. The summed E-state index contributed by atoms with van der Waals surface area (Å²) >= 11 is 0. The van der Waals surface area contributed by atoms with Crippen molar-refractivity contribution < 1.29 is 9.90 Å². The fourth-order valence-corrected chi connectivity index (χ4v) is 3.65. The summed E-state index contributed by atoms with van der Waals surface area (Å²) in [5.41, 5.74) is 5.40. The molecule has 0 atom stereocenters. The van der Waals surface area contributed by atoms with Gasteiger partial charge in [0.05, 0.1) is 0 Å². The molecule has 4 rings (SSSR count). The Labute approximate surface area is 176 Å². The van der Waals surface area contributed by atoms with Crippen molar-refractivity contribution in [3.8, 4) is 11.1 Å². The smallest absolute Gasteiger partial charge is 0.328 e. The van der Waals surface area contributed by atoms with Gasteiger partial charge in [-0.15, -0.1) is 0 Å². The van der Waals surface area contributed by atoms with Crippen LogP contribution in [0.3, 0.4) is 0 Å². The van der Waals surface area contributed by atoms with Gasteiger partial charge in [0.15, 0.2) is 0 Å². The molecule has 0 fully saturated rings. The van der Waals surface area contributed by atoms with Crippen molar-refractivity contribution in [2.45, 2.75) is 13.1 Å². The van der Waals surface area contributed by atoms with E-state index in [1.54, 1.807) is 6.08 Å². The number of fused-ring (bicyclic) bond motifs is 1. The fourth-order valence-electron chi connectivity index (χ4n) is 3.65. The van der Waals surface area contributed by atoms with Gasteiger partial charge in [0.1, 0.15) is 0 Å². The monoisotopic (exact) mass is 393 g/mol. The van der Waals surface area contributed by atoms with E-state index < -0.39 is 5.97 Å². The van der Waals surface area contributed by atoms with Crippen LogP contribution in [0.2, 0.25) is 0 Å². The number of carbonyl (C=O) groups is 1. The molecule has 4 aromatic rings. The Morgan fingerprint density at radius 1 is 0.833 bits per heavy atom. The predicted octanol–water partition coefficient (Wildman–Crippen LogP) is 5.89. The van der Waals surface area contributed by atoms with Gasteiger partial charge in [-0.2, -0.15) is 0 Å². The fraction of sp³-hybridized carbons (Fsp3) is 0.0741. The highest BCUT2D eigenvalue weighted by Crippen LogP contribution is 2.30. The molecule has 0 aromatic heterocycles. The molecule has 2 N–H and O–H groups in total. The summed E-state index contributed by atoms with van der Waals surface area (Å²) in [5, 5.41) is 14.9. The maximum absolute atomic E-state index is 11.1. The van der Waals surface area contributed by atoms with E-state index >= 15 is 0 Å². The maximum Gasteiger partial charge on any atom is 0.328 e. The number of rotatable bonds is 7. The zero-order valence-corrected chi connectivity index (χ0v) is 16.6. The number of hydrogen-bond acceptors (Lipinski definition) is 2. The highest BCUT2D eigenvalue weighted by molar-refractivity contribution is 5.97. The number of benzene rings is 4. The second kappa shape index (κ2) is 9.21. The molecular formula is C27H23NO2. The molecule has 0 aliphatic heterocycles. The highest BCUT2D eigenvalue weighted by atomic mass is 16.4. The molecule has 0 aliphatic carbocycles. The Morgan fingerprint density at radius 3 is 2.43 bits per heavy atom. The van der Waals surface area contributed by atoms with Gasteiger partial charge in [-0.05, 0) is 50.7 Å². The van der Waals surface area contributed by atoms with Gasteiger partial charge in [-0.3, -0.25) is 0 Å². The average Bonchev–Trinajstić information content (AvgIpc) is 2.78. The van der Waals surface area contributed by atoms with Crippen LogP contribution in [0.4, 0.5) is 0 Å². The lowest BCUT2D eigenvalue weighted by atomic mass is 9.95. The summed E-state index contributed by atoms with van der Waals surface area (Å²) in [5.74, 6) is -0.950. The number of hydrogen-bond donors (Lipinski definition) is 2. The molecule has 0 unspecified atom stereocenters. The first-order chi connectivity index (χ1) is 14.7. The molecule has 0 bridgehead atoms. The van der Waals surface area contributed by atoms with Crippen molar-refractivity contribution in [3.05, 3.63) is 114 Å². The van der Waals surface area contributed by atoms with Crippen LogP contribution >= 0.6 is 0 Å². The summed E-state index contributed by atoms with van der Waals surface area (Å²) in [7, 11) is 0. The second-order valence-corrected chi connectivity index (χ2v) is 7.20. The van der Waals surface area contributed by atoms with Crippen LogP contribution in [0.15, 0.2) is 97.1 Å². The Hall–Kier alpha value is -3.69. The van der Waals surface area contributed by atoms with Crippen LogP contribution in [-0.4, -0.2) is 11.1 Å². The number of carboxylic acid groups (broad SMARTS) is 1. The molecule has 0 heterocycles. The molecule has 3 heteroatoms. The Bertz CT molecular complexity index is 1190. The molecule has 3 nitrogen and oxygen atoms in total. The lowest BCUT2D eigenvalue weighted by molar-refractivity contribution is -0.131. The van der Waals surface area contributed by atoms with Crippen molar-refractivity contribution in [1.29, 1.82) is 0 Å². The van der Waals surface area contributed by atoms with Gasteiger partial charge in [0.25, 0.3) is 0 Å². The van der Waals surface area contributed by atoms with Crippen LogP contribution < -0.4 is 5.32 Å². The third kappa shape index (κ3) is 4.65. The molecule has 0 amide bonds. The Kier molecular flexibility index (Phi) is 6.02. The zero-order valence-electron chi connectivity index (χ0n) is 16.6. The lowest BCUT2D eigenvalue weighted by Crippen LogP contribution is -2.13. The van der Waals surface area contributed by atoms with Crippen LogP contribution in [0.5, 0.6) is 0 Å². The van der Waals surface area contributed by atoms with Crippen LogP contribution in [0.1, 0.15) is 16.7 Å². The minimum atomic E-state index is -0.950. The molecule has 0 spiro atoms. The predicted molar refractivity (Wildman–Crippen MR) is 123 cm³/mol.